The Hall–Kier alpha value is -1.77. The Bertz CT molecular complexity index is 381. The average Bonchev–Trinajstić information content (AvgIpc) is 2.37. The second-order valence-electron chi connectivity index (χ2n) is 4.07. The molecule has 0 aliphatic heterocycles. The molecule has 0 spiro atoms. The van der Waals surface area contributed by atoms with Crippen LogP contribution < -0.4 is 4.74 Å². The monoisotopic (exact) mass is 248 g/mol. The number of rotatable bonds is 7. The first-order valence-corrected chi connectivity index (χ1v) is 6.24. The van der Waals surface area contributed by atoms with Gasteiger partial charge in [-0.3, -0.25) is 0 Å². The Balaban J connectivity index is 2.47. The molecule has 0 aliphatic rings. The molecule has 0 aliphatic carbocycles. The van der Waals surface area contributed by atoms with E-state index < -0.39 is 12.3 Å². The molecule has 0 bridgehead atoms. The second-order valence-corrected chi connectivity index (χ2v) is 4.07. The fourth-order valence-electron chi connectivity index (χ4n) is 1.54. The zero-order valence-electron chi connectivity index (χ0n) is 11.0. The Morgan fingerprint density at radius 3 is 2.61 bits per heavy atom. The highest BCUT2D eigenvalue weighted by molar-refractivity contribution is 5.81. The van der Waals surface area contributed by atoms with Crippen LogP contribution in [0.4, 0.5) is 0 Å². The first kappa shape index (κ1) is 14.3. The standard InChI is InChI=1S/C15H20O3/c1-4-6-7-13-8-10-14(11-9-13)17-12(3)18-15(16)5-2/h5,8-12H,2,4,6-7H2,1,3H3. The summed E-state index contributed by atoms with van der Waals surface area (Å²) in [5.41, 5.74) is 1.29. The summed E-state index contributed by atoms with van der Waals surface area (Å²) < 4.78 is 10.4. The van der Waals surface area contributed by atoms with E-state index in [2.05, 4.69) is 13.5 Å². The molecule has 1 aromatic rings. The molecule has 1 aromatic carbocycles. The minimum Gasteiger partial charge on any atom is -0.455 e. The van der Waals surface area contributed by atoms with E-state index in [1.54, 1.807) is 6.92 Å². The van der Waals surface area contributed by atoms with Gasteiger partial charge in [-0.05, 0) is 30.5 Å². The van der Waals surface area contributed by atoms with Gasteiger partial charge in [0.2, 0.25) is 6.29 Å². The van der Waals surface area contributed by atoms with E-state index in [1.807, 2.05) is 24.3 Å². The van der Waals surface area contributed by atoms with Crippen molar-refractivity contribution >= 4 is 5.97 Å². The van der Waals surface area contributed by atoms with Crippen LogP contribution >= 0.6 is 0 Å². The quantitative estimate of drug-likeness (QED) is 0.421. The molecule has 0 fully saturated rings. The number of aryl methyl sites for hydroxylation is 1. The maximum atomic E-state index is 11.0. The molecule has 0 radical (unpaired) electrons. The van der Waals surface area contributed by atoms with Crippen LogP contribution in [-0.4, -0.2) is 12.3 Å². The summed E-state index contributed by atoms with van der Waals surface area (Å²) in [7, 11) is 0. The van der Waals surface area contributed by atoms with E-state index in [4.69, 9.17) is 9.47 Å². The van der Waals surface area contributed by atoms with Gasteiger partial charge >= 0.3 is 5.97 Å². The van der Waals surface area contributed by atoms with Crippen molar-refractivity contribution in [1.82, 2.24) is 0 Å². The normalized spacial score (nSPS) is 11.7. The van der Waals surface area contributed by atoms with E-state index in [-0.39, 0.29) is 0 Å². The molecule has 3 nitrogen and oxygen atoms in total. The molecule has 0 heterocycles. The summed E-state index contributed by atoms with van der Waals surface area (Å²) in [6.45, 7) is 7.18. The van der Waals surface area contributed by atoms with Crippen molar-refractivity contribution in [2.75, 3.05) is 0 Å². The third kappa shape index (κ3) is 5.04. The maximum absolute atomic E-state index is 11.0. The maximum Gasteiger partial charge on any atom is 0.333 e. The van der Waals surface area contributed by atoms with Crippen molar-refractivity contribution in [2.24, 2.45) is 0 Å². The van der Waals surface area contributed by atoms with Crippen molar-refractivity contribution in [3.63, 3.8) is 0 Å². The summed E-state index contributed by atoms with van der Waals surface area (Å²) in [4.78, 5) is 11.0. The smallest absolute Gasteiger partial charge is 0.333 e. The SMILES string of the molecule is C=CC(=O)OC(C)Oc1ccc(CCCC)cc1. The Labute approximate surface area is 108 Å². The van der Waals surface area contributed by atoms with Gasteiger partial charge in [-0.15, -0.1) is 0 Å². The molecule has 1 atom stereocenters. The van der Waals surface area contributed by atoms with Crippen molar-refractivity contribution in [1.29, 1.82) is 0 Å². The van der Waals surface area contributed by atoms with Crippen molar-refractivity contribution in [3.8, 4) is 5.75 Å². The summed E-state index contributed by atoms with van der Waals surface area (Å²) >= 11 is 0. The molecule has 98 valence electrons. The van der Waals surface area contributed by atoms with E-state index in [0.717, 1.165) is 12.5 Å². The number of hydrogen-bond acceptors (Lipinski definition) is 3. The van der Waals surface area contributed by atoms with E-state index in [0.29, 0.717) is 5.75 Å². The fraction of sp³-hybridized carbons (Fsp3) is 0.400. The predicted molar refractivity (Wildman–Crippen MR) is 71.4 cm³/mol. The van der Waals surface area contributed by atoms with E-state index >= 15 is 0 Å². The number of hydrogen-bond donors (Lipinski definition) is 0. The average molecular weight is 248 g/mol. The summed E-state index contributed by atoms with van der Waals surface area (Å²) in [5, 5.41) is 0. The van der Waals surface area contributed by atoms with Crippen LogP contribution in [0.2, 0.25) is 0 Å². The van der Waals surface area contributed by atoms with Crippen molar-refractivity contribution in [3.05, 3.63) is 42.5 Å². The van der Waals surface area contributed by atoms with Gasteiger partial charge in [0.25, 0.3) is 0 Å². The van der Waals surface area contributed by atoms with E-state index in [9.17, 15) is 4.79 Å². The van der Waals surface area contributed by atoms with Gasteiger partial charge in [0.1, 0.15) is 5.75 Å². The third-order valence-electron chi connectivity index (χ3n) is 2.49. The third-order valence-corrected chi connectivity index (χ3v) is 2.49. The highest BCUT2D eigenvalue weighted by atomic mass is 16.7. The fourth-order valence-corrected chi connectivity index (χ4v) is 1.54. The molecule has 0 saturated heterocycles. The largest absolute Gasteiger partial charge is 0.455 e. The van der Waals surface area contributed by atoms with Crippen LogP contribution in [0.3, 0.4) is 0 Å². The summed E-state index contributed by atoms with van der Waals surface area (Å²) in [6, 6.07) is 7.85. The van der Waals surface area contributed by atoms with Gasteiger partial charge in [-0.2, -0.15) is 0 Å². The van der Waals surface area contributed by atoms with Crippen molar-refractivity contribution in [2.45, 2.75) is 39.4 Å². The molecule has 0 N–H and O–H groups in total. The molecule has 1 unspecified atom stereocenters. The Morgan fingerprint density at radius 2 is 2.06 bits per heavy atom. The summed E-state index contributed by atoms with van der Waals surface area (Å²) in [6.07, 6.45) is 3.96. The molecule has 1 rings (SSSR count). The number of esters is 1. The van der Waals surface area contributed by atoms with Gasteiger partial charge < -0.3 is 9.47 Å². The van der Waals surface area contributed by atoms with Crippen molar-refractivity contribution < 1.29 is 14.3 Å². The van der Waals surface area contributed by atoms with Crippen LogP contribution in [0.25, 0.3) is 0 Å². The first-order valence-electron chi connectivity index (χ1n) is 6.24. The van der Waals surface area contributed by atoms with Gasteiger partial charge in [-0.25, -0.2) is 4.79 Å². The number of carbonyl (C=O) groups is 1. The molecular formula is C15H20O3. The zero-order valence-corrected chi connectivity index (χ0v) is 11.0. The van der Waals surface area contributed by atoms with Crippen LogP contribution in [-0.2, 0) is 16.0 Å². The lowest BCUT2D eigenvalue weighted by Crippen LogP contribution is -2.19. The van der Waals surface area contributed by atoms with Gasteiger partial charge in [0.05, 0.1) is 0 Å². The lowest BCUT2D eigenvalue weighted by Gasteiger charge is -2.14. The van der Waals surface area contributed by atoms with E-state index in [1.165, 1.54) is 18.4 Å². The zero-order chi connectivity index (χ0) is 13.4. The number of ether oxygens (including phenoxy) is 2. The molecule has 0 aromatic heterocycles. The Morgan fingerprint density at radius 1 is 1.39 bits per heavy atom. The highest BCUT2D eigenvalue weighted by Crippen LogP contribution is 2.15. The highest BCUT2D eigenvalue weighted by Gasteiger charge is 2.07. The van der Waals surface area contributed by atoms with Crippen LogP contribution in [0.1, 0.15) is 32.3 Å². The van der Waals surface area contributed by atoms with Gasteiger partial charge in [0, 0.05) is 13.0 Å². The van der Waals surface area contributed by atoms with Crippen LogP contribution in [0.5, 0.6) is 5.75 Å². The molecule has 0 saturated carbocycles. The number of benzene rings is 1. The molecule has 18 heavy (non-hydrogen) atoms. The molecule has 0 amide bonds. The second kappa shape index (κ2) is 7.54. The number of unbranched alkanes of at least 4 members (excludes halogenated alkanes) is 1. The lowest BCUT2D eigenvalue weighted by atomic mass is 10.1. The van der Waals surface area contributed by atoms with Gasteiger partial charge in [0.15, 0.2) is 0 Å². The lowest BCUT2D eigenvalue weighted by molar-refractivity contribution is -0.154. The number of carbonyl (C=O) groups excluding carboxylic acids is 1. The molecule has 3 heteroatoms. The minimum absolute atomic E-state index is 0.484. The topological polar surface area (TPSA) is 35.5 Å². The Kier molecular flexibility index (Phi) is 5.98. The molecular weight excluding hydrogens is 228 g/mol. The predicted octanol–water partition coefficient (Wildman–Crippen LogP) is 3.48. The minimum atomic E-state index is -0.614. The van der Waals surface area contributed by atoms with Gasteiger partial charge in [-0.1, -0.05) is 32.1 Å². The van der Waals surface area contributed by atoms with Crippen LogP contribution in [0, 0.1) is 0 Å². The summed E-state index contributed by atoms with van der Waals surface area (Å²) in [5.74, 6) is 0.210. The first-order chi connectivity index (χ1) is 8.65. The van der Waals surface area contributed by atoms with Crippen LogP contribution in [0.15, 0.2) is 36.9 Å².